The number of hydrogen-bond donors (Lipinski definition) is 4. The molecule has 0 amide bonds. The summed E-state index contributed by atoms with van der Waals surface area (Å²) in [6.45, 7) is 7.97. The number of hydrogen-bond acceptors (Lipinski definition) is 11. The summed E-state index contributed by atoms with van der Waals surface area (Å²) in [6.07, 6.45) is -2.33. The number of ether oxygens (including phenoxy) is 4. The molecule has 1 fully saturated rings. The average Bonchev–Trinajstić information content (AvgIpc) is 3.18. The third-order valence-corrected chi connectivity index (χ3v) is 10.1. The molecule has 4 rings (SSSR count). The first-order valence-corrected chi connectivity index (χ1v) is 19.4. The van der Waals surface area contributed by atoms with Crippen molar-refractivity contribution in [1.29, 1.82) is 0 Å². The molecule has 0 saturated carbocycles. The van der Waals surface area contributed by atoms with Crippen LogP contribution in [0.4, 0.5) is 0 Å². The molecule has 0 aliphatic carbocycles. The van der Waals surface area contributed by atoms with Gasteiger partial charge in [0.05, 0.1) is 19.8 Å². The van der Waals surface area contributed by atoms with E-state index in [9.17, 15) is 34.8 Å². The summed E-state index contributed by atoms with van der Waals surface area (Å²) in [5.41, 5.74) is 1.24. The fraction of sp³-hybridized carbons (Fsp3) is 0.523. The van der Waals surface area contributed by atoms with E-state index in [1.54, 1.807) is 0 Å². The van der Waals surface area contributed by atoms with Gasteiger partial charge in [-0.15, -0.1) is 0 Å². The summed E-state index contributed by atoms with van der Waals surface area (Å²) in [4.78, 5) is 41.1. The minimum Gasteiger partial charge on any atom is -0.394 e. The number of rotatable bonds is 22. The van der Waals surface area contributed by atoms with Gasteiger partial charge in [-0.2, -0.15) is 0 Å². The van der Waals surface area contributed by atoms with Gasteiger partial charge in [0.25, 0.3) is 0 Å². The van der Waals surface area contributed by atoms with Crippen molar-refractivity contribution in [3.8, 4) is 0 Å². The van der Waals surface area contributed by atoms with Crippen molar-refractivity contribution in [2.24, 2.45) is 0 Å². The Morgan fingerprint density at radius 1 is 0.745 bits per heavy atom. The van der Waals surface area contributed by atoms with Crippen molar-refractivity contribution in [2.75, 3.05) is 33.0 Å². The maximum atomic E-state index is 14.0. The van der Waals surface area contributed by atoms with Crippen LogP contribution >= 0.6 is 0 Å². The van der Waals surface area contributed by atoms with Crippen LogP contribution in [0, 0.1) is 0 Å². The van der Waals surface area contributed by atoms with Gasteiger partial charge in [-0.3, -0.25) is 14.4 Å². The number of aliphatic hydroxyl groups is 4. The van der Waals surface area contributed by atoms with Crippen LogP contribution in [0.25, 0.3) is 0 Å². The van der Waals surface area contributed by atoms with Crippen molar-refractivity contribution in [1.82, 2.24) is 0 Å². The molecular weight excluding hydrogens is 704 g/mol. The minimum absolute atomic E-state index is 0.0314. The highest BCUT2D eigenvalue weighted by molar-refractivity contribution is 6.15. The first kappa shape index (κ1) is 44.1. The van der Waals surface area contributed by atoms with Gasteiger partial charge in [0.15, 0.2) is 17.3 Å². The lowest BCUT2D eigenvalue weighted by Gasteiger charge is -2.49. The van der Waals surface area contributed by atoms with Crippen molar-refractivity contribution in [2.45, 2.75) is 115 Å². The molecule has 3 aromatic carbocycles. The highest BCUT2D eigenvalue weighted by Gasteiger charge is 2.57. The average molecular weight is 763 g/mol. The van der Waals surface area contributed by atoms with Crippen LogP contribution in [0.5, 0.6) is 0 Å². The van der Waals surface area contributed by atoms with E-state index in [0.29, 0.717) is 24.3 Å². The lowest BCUT2D eigenvalue weighted by molar-refractivity contribution is -0.377. The summed E-state index contributed by atoms with van der Waals surface area (Å²) in [6, 6.07) is 19.8. The number of carbonyl (C=O) groups is 3. The Labute approximate surface area is 324 Å². The summed E-state index contributed by atoms with van der Waals surface area (Å²) in [5, 5.41) is 45.2. The quantitative estimate of drug-likeness (QED) is 0.0547. The molecule has 11 heteroatoms. The second kappa shape index (κ2) is 21.0. The van der Waals surface area contributed by atoms with E-state index >= 15 is 0 Å². The van der Waals surface area contributed by atoms with Crippen LogP contribution in [0.1, 0.15) is 132 Å². The Bertz CT molecular complexity index is 1650. The molecule has 1 aliphatic rings. The van der Waals surface area contributed by atoms with Crippen LogP contribution in [0.2, 0.25) is 0 Å². The zero-order valence-corrected chi connectivity index (χ0v) is 32.7. The number of benzene rings is 3. The maximum absolute atomic E-state index is 14.0. The van der Waals surface area contributed by atoms with Crippen LogP contribution in [0.3, 0.4) is 0 Å². The van der Waals surface area contributed by atoms with Gasteiger partial charge in [0.1, 0.15) is 30.5 Å². The van der Waals surface area contributed by atoms with E-state index in [2.05, 4.69) is 13.8 Å². The molecule has 4 N–H and O–H groups in total. The summed E-state index contributed by atoms with van der Waals surface area (Å²) < 4.78 is 25.4. The van der Waals surface area contributed by atoms with Gasteiger partial charge in [0, 0.05) is 41.4 Å². The Morgan fingerprint density at radius 3 is 1.82 bits per heavy atom. The standard InChI is InChI=1S/C44H58O11/c1-6-8-16-22-52-26-33(53-23-17-9-7-2)27-54-44(43(51)42(50)41(49)36(25-45)55-44)35-24-34(28(3)46)37(29(4)47)38(30(5)48)40(35)39(31-18-12-10-13-19-31)32-20-14-11-15-21-32/h10-15,18-21,24,33,36,39,41-43,45,49-51H,6-9,16-17,22-23,25-27H2,1-5H3/t33?,36-,41-,42+,43-,44-/m1/s1. The fourth-order valence-electron chi connectivity index (χ4n) is 7.31. The third kappa shape index (κ3) is 10.4. The Morgan fingerprint density at radius 2 is 1.31 bits per heavy atom. The second-order valence-electron chi connectivity index (χ2n) is 14.3. The lowest BCUT2D eigenvalue weighted by atomic mass is 9.73. The number of aliphatic hydroxyl groups excluding tert-OH is 4. The van der Waals surface area contributed by atoms with E-state index in [0.717, 1.165) is 38.5 Å². The van der Waals surface area contributed by atoms with E-state index in [4.69, 9.17) is 18.9 Å². The van der Waals surface area contributed by atoms with Crippen LogP contribution in [-0.4, -0.2) is 101 Å². The van der Waals surface area contributed by atoms with Crippen molar-refractivity contribution < 1.29 is 53.8 Å². The molecule has 0 spiro atoms. The van der Waals surface area contributed by atoms with Gasteiger partial charge >= 0.3 is 0 Å². The van der Waals surface area contributed by atoms with Gasteiger partial charge in [-0.05, 0) is 56.4 Å². The van der Waals surface area contributed by atoms with Gasteiger partial charge in [-0.1, -0.05) is 100 Å². The topological polar surface area (TPSA) is 169 Å². The van der Waals surface area contributed by atoms with E-state index < -0.39 is 66.2 Å². The molecule has 3 aromatic rings. The van der Waals surface area contributed by atoms with Gasteiger partial charge in [-0.25, -0.2) is 0 Å². The van der Waals surface area contributed by atoms with Crippen molar-refractivity contribution in [3.63, 3.8) is 0 Å². The molecule has 11 nitrogen and oxygen atoms in total. The molecule has 1 heterocycles. The zero-order valence-electron chi connectivity index (χ0n) is 32.7. The smallest absolute Gasteiger partial charge is 0.225 e. The number of Topliss-reactive ketones (excluding diaryl/α,β-unsaturated/α-hetero) is 3. The SMILES string of the molecule is CCCCCOCC(CO[C@]1(c2cc(C(C)=O)c(C(C)=O)c(C(C)=O)c2C(c2ccccc2)c2ccccc2)O[C@H](CO)[C@@H](O)[C@H](O)[C@H]1O)OCCCCC. The molecule has 300 valence electrons. The number of ketones is 3. The molecule has 55 heavy (non-hydrogen) atoms. The fourth-order valence-corrected chi connectivity index (χ4v) is 7.31. The predicted octanol–water partition coefficient (Wildman–Crippen LogP) is 5.90. The number of carbonyl (C=O) groups excluding carboxylic acids is 3. The summed E-state index contributed by atoms with van der Waals surface area (Å²) in [5.74, 6) is -4.87. The minimum atomic E-state index is -2.43. The largest absolute Gasteiger partial charge is 0.394 e. The van der Waals surface area contributed by atoms with Gasteiger partial charge in [0.2, 0.25) is 5.79 Å². The summed E-state index contributed by atoms with van der Waals surface area (Å²) >= 11 is 0. The first-order chi connectivity index (χ1) is 26.4. The Kier molecular flexibility index (Phi) is 16.9. The van der Waals surface area contributed by atoms with Crippen molar-refractivity contribution in [3.05, 3.63) is 106 Å². The number of unbranched alkanes of at least 4 members (excludes halogenated alkanes) is 4. The maximum Gasteiger partial charge on any atom is 0.225 e. The predicted molar refractivity (Wildman–Crippen MR) is 208 cm³/mol. The molecule has 1 aliphatic heterocycles. The zero-order chi connectivity index (χ0) is 40.1. The van der Waals surface area contributed by atoms with E-state index in [-0.39, 0.29) is 41.0 Å². The van der Waals surface area contributed by atoms with Crippen molar-refractivity contribution >= 4 is 17.3 Å². The normalized spacial score (nSPS) is 21.8. The molecule has 1 unspecified atom stereocenters. The van der Waals surface area contributed by atoms with Crippen LogP contribution in [-0.2, 0) is 24.7 Å². The second-order valence-corrected chi connectivity index (χ2v) is 14.3. The molecule has 0 aromatic heterocycles. The Hall–Kier alpha value is -3.65. The van der Waals surface area contributed by atoms with Crippen LogP contribution in [0.15, 0.2) is 66.7 Å². The molecular formula is C44H58O11. The van der Waals surface area contributed by atoms with Crippen LogP contribution < -0.4 is 0 Å². The lowest BCUT2D eigenvalue weighted by Crippen LogP contribution is -2.65. The van der Waals surface area contributed by atoms with Gasteiger partial charge < -0.3 is 39.4 Å². The highest BCUT2D eigenvalue weighted by atomic mass is 16.7. The highest BCUT2D eigenvalue weighted by Crippen LogP contribution is 2.48. The molecule has 0 bridgehead atoms. The molecule has 1 saturated heterocycles. The first-order valence-electron chi connectivity index (χ1n) is 19.4. The molecule has 0 radical (unpaired) electrons. The summed E-state index contributed by atoms with van der Waals surface area (Å²) in [7, 11) is 0. The monoisotopic (exact) mass is 762 g/mol. The van der Waals surface area contributed by atoms with E-state index in [1.807, 2.05) is 60.7 Å². The van der Waals surface area contributed by atoms with E-state index in [1.165, 1.54) is 26.8 Å². The molecule has 6 atom stereocenters. The Balaban J connectivity index is 2.08. The third-order valence-electron chi connectivity index (χ3n) is 10.1.